The molecule has 1 amide bonds. The summed E-state index contributed by atoms with van der Waals surface area (Å²) in [4.78, 5) is 16.0. The first-order valence-electron chi connectivity index (χ1n) is 5.68. The first kappa shape index (κ1) is 15.2. The molecule has 0 N–H and O–H groups in total. The molecule has 0 saturated heterocycles. The van der Waals surface area contributed by atoms with Crippen LogP contribution in [0.2, 0.25) is 0 Å². The van der Waals surface area contributed by atoms with Gasteiger partial charge in [-0.1, -0.05) is 6.07 Å². The summed E-state index contributed by atoms with van der Waals surface area (Å²) in [5, 5.41) is 0.865. The second-order valence-electron chi connectivity index (χ2n) is 4.50. The van der Waals surface area contributed by atoms with Gasteiger partial charge in [-0.3, -0.25) is 0 Å². The Hall–Kier alpha value is -0.880. The SMILES string of the molecule is CCN(SSc1ccccn1)C(=O)OC(C)(C)C. The van der Waals surface area contributed by atoms with Crippen molar-refractivity contribution >= 4 is 27.9 Å². The molecule has 100 valence electrons. The highest BCUT2D eigenvalue weighted by Crippen LogP contribution is 2.33. The molecule has 0 unspecified atom stereocenters. The van der Waals surface area contributed by atoms with Crippen LogP contribution in [0.25, 0.3) is 0 Å². The first-order valence-corrected chi connectivity index (χ1v) is 7.79. The van der Waals surface area contributed by atoms with Gasteiger partial charge in [-0.2, -0.15) is 0 Å². The number of hydrogen-bond acceptors (Lipinski definition) is 5. The van der Waals surface area contributed by atoms with Crippen LogP contribution < -0.4 is 0 Å². The van der Waals surface area contributed by atoms with Crippen LogP contribution >= 0.6 is 21.8 Å². The minimum absolute atomic E-state index is 0.321. The highest BCUT2D eigenvalue weighted by atomic mass is 33.1. The van der Waals surface area contributed by atoms with E-state index >= 15 is 0 Å². The van der Waals surface area contributed by atoms with Crippen LogP contribution in [-0.2, 0) is 4.74 Å². The van der Waals surface area contributed by atoms with Crippen LogP contribution in [-0.4, -0.2) is 27.5 Å². The molecule has 0 aromatic carbocycles. The minimum Gasteiger partial charge on any atom is -0.443 e. The number of hydrogen-bond donors (Lipinski definition) is 0. The smallest absolute Gasteiger partial charge is 0.421 e. The van der Waals surface area contributed by atoms with Gasteiger partial charge in [0.2, 0.25) is 0 Å². The van der Waals surface area contributed by atoms with Gasteiger partial charge < -0.3 is 4.74 Å². The molecule has 0 spiro atoms. The number of rotatable bonds is 4. The molecule has 0 aliphatic heterocycles. The number of carbonyl (C=O) groups is 1. The van der Waals surface area contributed by atoms with Gasteiger partial charge in [-0.15, -0.1) is 0 Å². The highest BCUT2D eigenvalue weighted by Gasteiger charge is 2.22. The molecule has 0 bridgehead atoms. The van der Waals surface area contributed by atoms with E-state index in [9.17, 15) is 4.79 Å². The highest BCUT2D eigenvalue weighted by molar-refractivity contribution is 8.75. The van der Waals surface area contributed by atoms with E-state index in [1.165, 1.54) is 21.8 Å². The van der Waals surface area contributed by atoms with Crippen molar-refractivity contribution in [3.63, 3.8) is 0 Å². The summed E-state index contributed by atoms with van der Waals surface area (Å²) in [5.41, 5.74) is -0.472. The fourth-order valence-electron chi connectivity index (χ4n) is 1.00. The summed E-state index contributed by atoms with van der Waals surface area (Å²) >= 11 is 0. The topological polar surface area (TPSA) is 42.4 Å². The Kier molecular flexibility index (Phi) is 5.81. The molecule has 1 heterocycles. The Morgan fingerprint density at radius 2 is 2.17 bits per heavy atom. The lowest BCUT2D eigenvalue weighted by atomic mass is 10.2. The number of ether oxygens (including phenoxy) is 1. The van der Waals surface area contributed by atoms with Crippen LogP contribution in [0.4, 0.5) is 4.79 Å². The molecule has 0 saturated carbocycles. The van der Waals surface area contributed by atoms with E-state index in [4.69, 9.17) is 4.74 Å². The quantitative estimate of drug-likeness (QED) is 0.618. The Bertz CT molecular complexity index is 379. The molecule has 18 heavy (non-hydrogen) atoms. The zero-order valence-electron chi connectivity index (χ0n) is 11.0. The fourth-order valence-corrected chi connectivity index (χ4v) is 2.91. The largest absolute Gasteiger partial charge is 0.443 e. The summed E-state index contributed by atoms with van der Waals surface area (Å²) < 4.78 is 6.89. The summed E-state index contributed by atoms with van der Waals surface area (Å²) in [6.07, 6.45) is 1.41. The van der Waals surface area contributed by atoms with Gasteiger partial charge in [0.05, 0.1) is 0 Å². The first-order chi connectivity index (χ1) is 8.42. The van der Waals surface area contributed by atoms with E-state index in [0.29, 0.717) is 6.54 Å². The van der Waals surface area contributed by atoms with E-state index < -0.39 is 5.60 Å². The van der Waals surface area contributed by atoms with Crippen LogP contribution in [0.3, 0.4) is 0 Å². The van der Waals surface area contributed by atoms with E-state index in [1.54, 1.807) is 10.5 Å². The second-order valence-corrected chi connectivity index (χ2v) is 6.62. The molecular weight excluding hydrogens is 268 g/mol. The standard InChI is InChI=1S/C12H18N2O2S2/c1-5-14(11(15)16-12(2,3)4)18-17-10-8-6-7-9-13-10/h6-9H,5H2,1-4H3. The Balaban J connectivity index is 2.50. The van der Waals surface area contributed by atoms with Gasteiger partial charge in [0.1, 0.15) is 10.6 Å². The van der Waals surface area contributed by atoms with Crippen molar-refractivity contribution in [3.8, 4) is 0 Å². The van der Waals surface area contributed by atoms with Crippen molar-refractivity contribution < 1.29 is 9.53 Å². The monoisotopic (exact) mass is 286 g/mol. The number of aromatic nitrogens is 1. The third-order valence-corrected chi connectivity index (χ3v) is 4.08. The van der Waals surface area contributed by atoms with Gasteiger partial charge in [0, 0.05) is 23.7 Å². The number of amides is 1. The van der Waals surface area contributed by atoms with Crippen molar-refractivity contribution in [3.05, 3.63) is 24.4 Å². The second kappa shape index (κ2) is 6.89. The van der Waals surface area contributed by atoms with Crippen molar-refractivity contribution in [2.24, 2.45) is 0 Å². The average molecular weight is 286 g/mol. The predicted octanol–water partition coefficient (Wildman–Crippen LogP) is 3.99. The maximum atomic E-state index is 11.9. The molecule has 0 atom stereocenters. The number of carbonyl (C=O) groups excluding carboxylic acids is 1. The maximum absolute atomic E-state index is 11.9. The zero-order chi connectivity index (χ0) is 13.6. The minimum atomic E-state index is -0.472. The normalized spacial score (nSPS) is 11.1. The summed E-state index contributed by atoms with van der Waals surface area (Å²) in [6.45, 7) is 8.06. The van der Waals surface area contributed by atoms with Gasteiger partial charge in [0.25, 0.3) is 0 Å². The van der Waals surface area contributed by atoms with Gasteiger partial charge >= 0.3 is 6.09 Å². The lowest BCUT2D eigenvalue weighted by Crippen LogP contribution is -2.32. The Morgan fingerprint density at radius 3 is 2.67 bits per heavy atom. The molecule has 0 aliphatic rings. The lowest BCUT2D eigenvalue weighted by molar-refractivity contribution is 0.0413. The third kappa shape index (κ3) is 5.64. The molecule has 6 heteroatoms. The maximum Gasteiger partial charge on any atom is 0.421 e. The van der Waals surface area contributed by atoms with Gasteiger partial charge in [-0.25, -0.2) is 14.1 Å². The molecular formula is C12H18N2O2S2. The predicted molar refractivity (Wildman–Crippen MR) is 76.3 cm³/mol. The molecule has 1 aromatic rings. The zero-order valence-corrected chi connectivity index (χ0v) is 12.7. The molecule has 1 aromatic heterocycles. The van der Waals surface area contributed by atoms with E-state index in [0.717, 1.165) is 5.03 Å². The lowest BCUT2D eigenvalue weighted by Gasteiger charge is -2.24. The molecule has 1 rings (SSSR count). The number of pyridine rings is 1. The summed E-state index contributed by atoms with van der Waals surface area (Å²) in [5.74, 6) is 0. The van der Waals surface area contributed by atoms with Crippen LogP contribution in [0.15, 0.2) is 29.4 Å². The molecule has 0 fully saturated rings. The summed E-state index contributed by atoms with van der Waals surface area (Å²) in [6, 6.07) is 5.68. The fraction of sp³-hybridized carbons (Fsp3) is 0.500. The Morgan fingerprint density at radius 1 is 1.44 bits per heavy atom. The Labute approximate surface area is 116 Å². The van der Waals surface area contributed by atoms with Crippen molar-refractivity contribution in [1.29, 1.82) is 0 Å². The van der Waals surface area contributed by atoms with Crippen molar-refractivity contribution in [1.82, 2.24) is 9.29 Å². The molecule has 0 radical (unpaired) electrons. The van der Waals surface area contributed by atoms with Crippen molar-refractivity contribution in [2.75, 3.05) is 6.54 Å². The van der Waals surface area contributed by atoms with E-state index in [-0.39, 0.29) is 6.09 Å². The average Bonchev–Trinajstić information content (AvgIpc) is 2.29. The number of nitrogens with zero attached hydrogens (tertiary/aromatic N) is 2. The van der Waals surface area contributed by atoms with Crippen LogP contribution in [0, 0.1) is 0 Å². The van der Waals surface area contributed by atoms with Crippen LogP contribution in [0.1, 0.15) is 27.7 Å². The van der Waals surface area contributed by atoms with Crippen LogP contribution in [0.5, 0.6) is 0 Å². The van der Waals surface area contributed by atoms with Crippen molar-refractivity contribution in [2.45, 2.75) is 38.3 Å². The molecule has 0 aliphatic carbocycles. The van der Waals surface area contributed by atoms with E-state index in [1.807, 2.05) is 45.9 Å². The van der Waals surface area contributed by atoms with Gasteiger partial charge in [0.15, 0.2) is 0 Å². The molecule has 4 nitrogen and oxygen atoms in total. The summed E-state index contributed by atoms with van der Waals surface area (Å²) in [7, 11) is 2.77. The van der Waals surface area contributed by atoms with Gasteiger partial charge in [-0.05, 0) is 50.6 Å². The van der Waals surface area contributed by atoms with E-state index in [2.05, 4.69) is 4.98 Å². The third-order valence-electron chi connectivity index (χ3n) is 1.73.